The number of nitrogens with zero attached hydrogens (tertiary/aromatic N) is 5. The van der Waals surface area contributed by atoms with Crippen molar-refractivity contribution in [2.75, 3.05) is 24.3 Å². The van der Waals surface area contributed by atoms with Crippen LogP contribution in [-0.2, 0) is 26.2 Å². The highest BCUT2D eigenvalue weighted by atomic mass is 19.4. The number of ether oxygens (including phenoxy) is 1. The van der Waals surface area contributed by atoms with Crippen molar-refractivity contribution in [3.63, 3.8) is 0 Å². The van der Waals surface area contributed by atoms with E-state index in [1.54, 1.807) is 13.3 Å². The van der Waals surface area contributed by atoms with Crippen LogP contribution >= 0.6 is 0 Å². The Balaban J connectivity index is 1.49. The molecule has 2 aromatic carbocycles. The van der Waals surface area contributed by atoms with Crippen molar-refractivity contribution >= 4 is 22.5 Å². The van der Waals surface area contributed by atoms with Crippen molar-refractivity contribution in [3.05, 3.63) is 83.9 Å². The molecule has 0 bridgehead atoms. The SMILES string of the molecule is COc1ccc2c(-c3nc(N4CCc5cc(N)ccc5C4)ncc3-c3ccc(C(F)(F)F)nc3)cn(C)c2c1. The smallest absolute Gasteiger partial charge is 0.433 e. The molecule has 0 spiro atoms. The Bertz CT molecular complexity index is 1690. The zero-order chi connectivity index (χ0) is 27.3. The van der Waals surface area contributed by atoms with Crippen LogP contribution in [-0.4, -0.2) is 33.2 Å². The normalized spacial score (nSPS) is 13.5. The first-order chi connectivity index (χ1) is 18.7. The van der Waals surface area contributed by atoms with Gasteiger partial charge in [0.05, 0.1) is 18.3 Å². The van der Waals surface area contributed by atoms with E-state index < -0.39 is 11.9 Å². The molecule has 39 heavy (non-hydrogen) atoms. The molecule has 0 aliphatic carbocycles. The molecule has 0 saturated heterocycles. The summed E-state index contributed by atoms with van der Waals surface area (Å²) in [6.07, 6.45) is 1.14. The molecule has 0 radical (unpaired) electrons. The average Bonchev–Trinajstić information content (AvgIpc) is 3.27. The number of aryl methyl sites for hydroxylation is 1. The third-order valence-corrected chi connectivity index (χ3v) is 7.12. The van der Waals surface area contributed by atoms with Crippen LogP contribution in [0.4, 0.5) is 24.8 Å². The van der Waals surface area contributed by atoms with E-state index >= 15 is 0 Å². The van der Waals surface area contributed by atoms with Gasteiger partial charge in [-0.05, 0) is 47.9 Å². The van der Waals surface area contributed by atoms with Crippen LogP contribution in [0.1, 0.15) is 16.8 Å². The summed E-state index contributed by atoms with van der Waals surface area (Å²) in [6, 6.07) is 14.1. The number of nitrogen functional groups attached to an aromatic ring is 1. The van der Waals surface area contributed by atoms with Gasteiger partial charge in [0.25, 0.3) is 0 Å². The largest absolute Gasteiger partial charge is 0.497 e. The van der Waals surface area contributed by atoms with Crippen LogP contribution < -0.4 is 15.4 Å². The number of nitrogens with two attached hydrogens (primary N) is 1. The van der Waals surface area contributed by atoms with E-state index in [-0.39, 0.29) is 0 Å². The minimum absolute atomic E-state index is 0.495. The molecule has 2 N–H and O–H groups in total. The molecular weight excluding hydrogens is 505 g/mol. The minimum Gasteiger partial charge on any atom is -0.497 e. The van der Waals surface area contributed by atoms with E-state index in [2.05, 4.69) is 14.9 Å². The fourth-order valence-corrected chi connectivity index (χ4v) is 5.09. The lowest BCUT2D eigenvalue weighted by atomic mass is 9.99. The first-order valence-corrected chi connectivity index (χ1v) is 12.4. The minimum atomic E-state index is -4.52. The molecule has 1 aliphatic rings. The molecule has 10 heteroatoms. The van der Waals surface area contributed by atoms with E-state index in [4.69, 9.17) is 15.5 Å². The molecule has 0 saturated carbocycles. The fraction of sp³-hybridized carbons (Fsp3) is 0.207. The second kappa shape index (κ2) is 9.30. The van der Waals surface area contributed by atoms with E-state index in [0.717, 1.165) is 46.0 Å². The number of rotatable bonds is 4. The van der Waals surface area contributed by atoms with Crippen molar-refractivity contribution in [3.8, 4) is 28.1 Å². The van der Waals surface area contributed by atoms with E-state index in [0.29, 0.717) is 35.9 Å². The predicted molar refractivity (Wildman–Crippen MR) is 144 cm³/mol. The number of methoxy groups -OCH3 is 1. The number of pyridine rings is 1. The monoisotopic (exact) mass is 530 g/mol. The number of aromatic nitrogens is 4. The molecule has 0 fully saturated rings. The van der Waals surface area contributed by atoms with Gasteiger partial charge in [-0.2, -0.15) is 13.2 Å². The van der Waals surface area contributed by atoms with Crippen molar-refractivity contribution in [2.24, 2.45) is 7.05 Å². The summed E-state index contributed by atoms with van der Waals surface area (Å²) in [6.45, 7) is 1.34. The Morgan fingerprint density at radius 1 is 0.949 bits per heavy atom. The maximum Gasteiger partial charge on any atom is 0.433 e. The number of hydrogen-bond donors (Lipinski definition) is 1. The van der Waals surface area contributed by atoms with Crippen LogP contribution in [0.25, 0.3) is 33.3 Å². The number of hydrogen-bond acceptors (Lipinski definition) is 6. The van der Waals surface area contributed by atoms with Crippen molar-refractivity contribution in [1.82, 2.24) is 19.5 Å². The quantitative estimate of drug-likeness (QED) is 0.293. The van der Waals surface area contributed by atoms with Crippen molar-refractivity contribution in [2.45, 2.75) is 19.1 Å². The van der Waals surface area contributed by atoms with Crippen molar-refractivity contribution < 1.29 is 17.9 Å². The first kappa shape index (κ1) is 24.7. The molecule has 5 aromatic rings. The molecule has 0 unspecified atom stereocenters. The Hall–Kier alpha value is -4.60. The van der Waals surface area contributed by atoms with Gasteiger partial charge in [-0.3, -0.25) is 4.98 Å². The topological polar surface area (TPSA) is 82.1 Å². The van der Waals surface area contributed by atoms with Gasteiger partial charge in [0, 0.05) is 72.6 Å². The van der Waals surface area contributed by atoms with Crippen LogP contribution in [0.3, 0.4) is 0 Å². The number of halogens is 3. The van der Waals surface area contributed by atoms with Gasteiger partial charge in [0.2, 0.25) is 5.95 Å². The molecule has 3 aromatic heterocycles. The molecule has 198 valence electrons. The van der Waals surface area contributed by atoms with Gasteiger partial charge < -0.3 is 19.9 Å². The highest BCUT2D eigenvalue weighted by molar-refractivity contribution is 5.99. The number of benzene rings is 2. The van der Waals surface area contributed by atoms with Crippen LogP contribution in [0, 0.1) is 0 Å². The maximum atomic E-state index is 13.2. The Morgan fingerprint density at radius 2 is 1.79 bits per heavy atom. The zero-order valence-electron chi connectivity index (χ0n) is 21.3. The lowest BCUT2D eigenvalue weighted by Gasteiger charge is -2.29. The zero-order valence-corrected chi connectivity index (χ0v) is 21.3. The highest BCUT2D eigenvalue weighted by Gasteiger charge is 2.32. The van der Waals surface area contributed by atoms with Gasteiger partial charge in [-0.1, -0.05) is 12.1 Å². The van der Waals surface area contributed by atoms with Crippen LogP contribution in [0.5, 0.6) is 5.75 Å². The second-order valence-corrected chi connectivity index (χ2v) is 9.60. The third-order valence-electron chi connectivity index (χ3n) is 7.12. The molecule has 4 heterocycles. The molecule has 0 atom stereocenters. The standard InChI is InChI=1S/C29H25F3N6O/c1-37-16-24(22-7-6-21(39-2)12-25(22)37)27-23(18-4-8-26(34-13-18)29(30,31)32)14-35-28(36-27)38-10-9-17-11-20(33)5-3-19(17)15-38/h3-8,11-14,16H,9-10,15,33H2,1-2H3. The van der Waals surface area contributed by atoms with Gasteiger partial charge in [0.15, 0.2) is 0 Å². The summed E-state index contributed by atoms with van der Waals surface area (Å²) < 4.78 is 46.9. The maximum absolute atomic E-state index is 13.2. The second-order valence-electron chi connectivity index (χ2n) is 9.60. The van der Waals surface area contributed by atoms with Gasteiger partial charge in [-0.25, -0.2) is 9.97 Å². The highest BCUT2D eigenvalue weighted by Crippen LogP contribution is 2.38. The molecular formula is C29H25F3N6O. The summed E-state index contributed by atoms with van der Waals surface area (Å²) in [4.78, 5) is 15.4. The summed E-state index contributed by atoms with van der Waals surface area (Å²) in [7, 11) is 3.54. The third kappa shape index (κ3) is 4.52. The van der Waals surface area contributed by atoms with Gasteiger partial charge >= 0.3 is 6.18 Å². The molecule has 0 amide bonds. The first-order valence-electron chi connectivity index (χ1n) is 12.4. The number of anilines is 2. The lowest BCUT2D eigenvalue weighted by molar-refractivity contribution is -0.141. The molecule has 7 nitrogen and oxygen atoms in total. The van der Waals surface area contributed by atoms with Crippen molar-refractivity contribution in [1.29, 1.82) is 0 Å². The Kier molecular flexibility index (Phi) is 5.90. The fourth-order valence-electron chi connectivity index (χ4n) is 5.09. The van der Waals surface area contributed by atoms with E-state index in [1.165, 1.54) is 17.8 Å². The lowest BCUT2D eigenvalue weighted by Crippen LogP contribution is -2.32. The number of alkyl halides is 3. The summed E-state index contributed by atoms with van der Waals surface area (Å²) >= 11 is 0. The number of fused-ring (bicyclic) bond motifs is 2. The predicted octanol–water partition coefficient (Wildman–Crippen LogP) is 5.87. The Labute approximate surface area is 222 Å². The van der Waals surface area contributed by atoms with E-state index in [9.17, 15) is 13.2 Å². The van der Waals surface area contributed by atoms with Gasteiger partial charge in [-0.15, -0.1) is 0 Å². The van der Waals surface area contributed by atoms with E-state index in [1.807, 2.05) is 54.2 Å². The van der Waals surface area contributed by atoms with Crippen LogP contribution in [0.2, 0.25) is 0 Å². The summed E-state index contributed by atoms with van der Waals surface area (Å²) in [5.41, 5.74) is 11.6. The average molecular weight is 531 g/mol. The van der Waals surface area contributed by atoms with Gasteiger partial charge in [0.1, 0.15) is 11.4 Å². The summed E-state index contributed by atoms with van der Waals surface area (Å²) in [5, 5.41) is 0.934. The molecule has 6 rings (SSSR count). The summed E-state index contributed by atoms with van der Waals surface area (Å²) in [5.74, 6) is 1.26. The Morgan fingerprint density at radius 3 is 2.54 bits per heavy atom. The van der Waals surface area contributed by atoms with Crippen LogP contribution in [0.15, 0.2) is 67.1 Å². The molecule has 1 aliphatic heterocycles.